The van der Waals surface area contributed by atoms with Gasteiger partial charge in [0.05, 0.1) is 13.2 Å². The topological polar surface area (TPSA) is 49.8 Å². The van der Waals surface area contributed by atoms with Crippen molar-refractivity contribution in [2.45, 2.75) is 32.8 Å². The average Bonchev–Trinajstić information content (AvgIpc) is 2.33. The summed E-state index contributed by atoms with van der Waals surface area (Å²) in [5.41, 5.74) is 0.709. The molecule has 0 saturated carbocycles. The van der Waals surface area contributed by atoms with Crippen LogP contribution in [0.1, 0.15) is 26.7 Å². The first-order chi connectivity index (χ1) is 8.08. The summed E-state index contributed by atoms with van der Waals surface area (Å²) in [5, 5.41) is 9.77. The Balaban J connectivity index is 2.48. The Labute approximate surface area is 103 Å². The van der Waals surface area contributed by atoms with Crippen LogP contribution < -0.4 is 0 Å². The quantitative estimate of drug-likeness (QED) is 0.593. The lowest BCUT2D eigenvalue weighted by Crippen LogP contribution is -2.42. The molecule has 2 unspecified atom stereocenters. The Kier molecular flexibility index (Phi) is 5.65. The number of rotatable bonds is 4. The maximum Gasteiger partial charge on any atom is 0.333 e. The molecule has 17 heavy (non-hydrogen) atoms. The second-order valence-corrected chi connectivity index (χ2v) is 4.67. The zero-order chi connectivity index (χ0) is 12.8. The van der Waals surface area contributed by atoms with Crippen molar-refractivity contribution in [3.63, 3.8) is 0 Å². The molecular formula is C13H23NO3. The highest BCUT2D eigenvalue weighted by atomic mass is 16.5. The number of aliphatic hydroxyl groups is 1. The van der Waals surface area contributed by atoms with Crippen molar-refractivity contribution in [1.29, 1.82) is 0 Å². The standard InChI is InChI=1S/C13H23NO3/c1-4-11(13(16)17-3)6-8-14-7-5-10(2)12(15)9-14/h6,10,12,15H,4-5,7-9H2,1-3H3. The molecule has 0 amide bonds. The molecule has 1 heterocycles. The molecule has 0 bridgehead atoms. The molecule has 0 aromatic rings. The van der Waals surface area contributed by atoms with Crippen LogP contribution in [-0.2, 0) is 9.53 Å². The molecule has 4 heteroatoms. The van der Waals surface area contributed by atoms with Gasteiger partial charge in [0.25, 0.3) is 0 Å². The predicted molar refractivity (Wildman–Crippen MR) is 66.6 cm³/mol. The number of hydrogen-bond donors (Lipinski definition) is 1. The highest BCUT2D eigenvalue weighted by Gasteiger charge is 2.23. The highest BCUT2D eigenvalue weighted by Crippen LogP contribution is 2.17. The van der Waals surface area contributed by atoms with Gasteiger partial charge < -0.3 is 9.84 Å². The van der Waals surface area contributed by atoms with Gasteiger partial charge in [0.15, 0.2) is 0 Å². The first kappa shape index (κ1) is 14.2. The molecule has 4 nitrogen and oxygen atoms in total. The van der Waals surface area contributed by atoms with Gasteiger partial charge in [0, 0.05) is 18.7 Å². The van der Waals surface area contributed by atoms with Crippen molar-refractivity contribution in [2.24, 2.45) is 5.92 Å². The molecule has 0 aromatic heterocycles. The van der Waals surface area contributed by atoms with Crippen molar-refractivity contribution in [3.05, 3.63) is 11.6 Å². The number of aliphatic hydroxyl groups excluding tert-OH is 1. The third kappa shape index (κ3) is 4.13. The van der Waals surface area contributed by atoms with E-state index in [9.17, 15) is 9.90 Å². The number of carbonyl (C=O) groups is 1. The number of methoxy groups -OCH3 is 1. The summed E-state index contributed by atoms with van der Waals surface area (Å²) < 4.78 is 4.71. The number of piperidine rings is 1. The number of carbonyl (C=O) groups excluding carboxylic acids is 1. The minimum atomic E-state index is -0.251. The Morgan fingerprint density at radius 3 is 2.82 bits per heavy atom. The van der Waals surface area contributed by atoms with Gasteiger partial charge in [-0.2, -0.15) is 0 Å². The van der Waals surface area contributed by atoms with Gasteiger partial charge in [-0.05, 0) is 25.3 Å². The molecule has 0 spiro atoms. The van der Waals surface area contributed by atoms with E-state index in [0.717, 1.165) is 13.0 Å². The van der Waals surface area contributed by atoms with Crippen molar-refractivity contribution in [1.82, 2.24) is 4.90 Å². The SMILES string of the molecule is CCC(=CCN1CCC(C)C(O)C1)C(=O)OC. The summed E-state index contributed by atoms with van der Waals surface area (Å²) in [6.45, 7) is 6.39. The van der Waals surface area contributed by atoms with Crippen molar-refractivity contribution in [3.8, 4) is 0 Å². The lowest BCUT2D eigenvalue weighted by molar-refractivity contribution is -0.136. The summed E-state index contributed by atoms with van der Waals surface area (Å²) >= 11 is 0. The lowest BCUT2D eigenvalue weighted by Gasteiger charge is -2.33. The number of esters is 1. The zero-order valence-electron chi connectivity index (χ0n) is 11.0. The summed E-state index contributed by atoms with van der Waals surface area (Å²) in [5.74, 6) is 0.125. The summed E-state index contributed by atoms with van der Waals surface area (Å²) in [7, 11) is 1.40. The molecule has 1 aliphatic heterocycles. The van der Waals surface area contributed by atoms with E-state index >= 15 is 0 Å². The van der Waals surface area contributed by atoms with E-state index in [2.05, 4.69) is 11.8 Å². The monoisotopic (exact) mass is 241 g/mol. The lowest BCUT2D eigenvalue weighted by atomic mass is 9.96. The fourth-order valence-electron chi connectivity index (χ4n) is 2.02. The predicted octanol–water partition coefficient (Wildman–Crippen LogP) is 1.20. The van der Waals surface area contributed by atoms with Crippen LogP contribution in [0.5, 0.6) is 0 Å². The molecule has 0 aromatic carbocycles. The molecule has 1 fully saturated rings. The molecule has 1 N–H and O–H groups in total. The second kappa shape index (κ2) is 6.77. The summed E-state index contributed by atoms with van der Waals surface area (Å²) in [6.07, 6.45) is 3.35. The molecule has 1 aliphatic rings. The second-order valence-electron chi connectivity index (χ2n) is 4.67. The Morgan fingerprint density at radius 2 is 2.29 bits per heavy atom. The van der Waals surface area contributed by atoms with E-state index < -0.39 is 0 Å². The maximum absolute atomic E-state index is 11.4. The Bertz CT molecular complexity index is 288. The Morgan fingerprint density at radius 1 is 1.59 bits per heavy atom. The molecule has 1 saturated heterocycles. The van der Waals surface area contributed by atoms with Crippen LogP contribution in [0.25, 0.3) is 0 Å². The first-order valence-electron chi connectivity index (χ1n) is 6.26. The Hall–Kier alpha value is -0.870. The van der Waals surface area contributed by atoms with Crippen LogP contribution >= 0.6 is 0 Å². The van der Waals surface area contributed by atoms with E-state index in [-0.39, 0.29) is 12.1 Å². The minimum absolute atomic E-state index is 0.250. The van der Waals surface area contributed by atoms with Gasteiger partial charge in [-0.3, -0.25) is 4.90 Å². The maximum atomic E-state index is 11.4. The van der Waals surface area contributed by atoms with Crippen molar-refractivity contribution < 1.29 is 14.6 Å². The largest absolute Gasteiger partial charge is 0.466 e. The molecule has 0 radical (unpaired) electrons. The number of nitrogens with zero attached hydrogens (tertiary/aromatic N) is 1. The van der Waals surface area contributed by atoms with Gasteiger partial charge in [0.2, 0.25) is 0 Å². The number of ether oxygens (including phenoxy) is 1. The van der Waals surface area contributed by atoms with Crippen LogP contribution in [0.2, 0.25) is 0 Å². The first-order valence-corrected chi connectivity index (χ1v) is 6.26. The van der Waals surface area contributed by atoms with Gasteiger partial charge in [0.1, 0.15) is 0 Å². The zero-order valence-corrected chi connectivity index (χ0v) is 11.0. The van der Waals surface area contributed by atoms with Gasteiger partial charge >= 0.3 is 5.97 Å². The van der Waals surface area contributed by atoms with Crippen LogP contribution in [0, 0.1) is 5.92 Å². The smallest absolute Gasteiger partial charge is 0.333 e. The molecule has 1 rings (SSSR count). The van der Waals surface area contributed by atoms with E-state index in [1.807, 2.05) is 13.0 Å². The van der Waals surface area contributed by atoms with Gasteiger partial charge in [-0.1, -0.05) is 19.9 Å². The number of β-amino-alcohol motifs (C(OH)–C–C–N with tert-alkyl or cyclic N) is 1. The van der Waals surface area contributed by atoms with Crippen LogP contribution in [0.15, 0.2) is 11.6 Å². The van der Waals surface area contributed by atoms with Crippen molar-refractivity contribution in [2.75, 3.05) is 26.7 Å². The number of likely N-dealkylation sites (tertiary alicyclic amines) is 1. The molecule has 98 valence electrons. The van der Waals surface area contributed by atoms with E-state index in [0.29, 0.717) is 31.0 Å². The van der Waals surface area contributed by atoms with E-state index in [1.165, 1.54) is 7.11 Å². The fourth-order valence-corrected chi connectivity index (χ4v) is 2.02. The van der Waals surface area contributed by atoms with Gasteiger partial charge in [-0.25, -0.2) is 4.79 Å². The average molecular weight is 241 g/mol. The third-order valence-electron chi connectivity index (χ3n) is 3.43. The molecular weight excluding hydrogens is 218 g/mol. The fraction of sp³-hybridized carbons (Fsp3) is 0.769. The summed E-state index contributed by atoms with van der Waals surface area (Å²) in [6, 6.07) is 0. The van der Waals surface area contributed by atoms with Crippen LogP contribution in [-0.4, -0.2) is 48.8 Å². The highest BCUT2D eigenvalue weighted by molar-refractivity contribution is 5.88. The van der Waals surface area contributed by atoms with Crippen molar-refractivity contribution >= 4 is 5.97 Å². The molecule has 2 atom stereocenters. The van der Waals surface area contributed by atoms with Crippen LogP contribution in [0.3, 0.4) is 0 Å². The summed E-state index contributed by atoms with van der Waals surface area (Å²) in [4.78, 5) is 13.5. The van der Waals surface area contributed by atoms with E-state index in [4.69, 9.17) is 4.74 Å². The normalized spacial score (nSPS) is 26.9. The molecule has 0 aliphatic carbocycles. The van der Waals surface area contributed by atoms with Gasteiger partial charge in [-0.15, -0.1) is 0 Å². The number of hydrogen-bond acceptors (Lipinski definition) is 4. The minimum Gasteiger partial charge on any atom is -0.466 e. The third-order valence-corrected chi connectivity index (χ3v) is 3.43. The van der Waals surface area contributed by atoms with E-state index in [1.54, 1.807) is 0 Å². The van der Waals surface area contributed by atoms with Crippen LogP contribution in [0.4, 0.5) is 0 Å².